The lowest BCUT2D eigenvalue weighted by molar-refractivity contribution is 0.0577. The number of hydrogen-bond acceptors (Lipinski definition) is 8. The zero-order valence-electron chi connectivity index (χ0n) is 19.1. The van der Waals surface area contributed by atoms with E-state index >= 15 is 0 Å². The SMILES string of the molecule is CCc1nnc(-c2ccc(C(OC)C(=O)c3ccc(-c4cc(OC)c(Br)c(OC)c4)o3)cc2)o1. The van der Waals surface area contributed by atoms with Gasteiger partial charge in [-0.2, -0.15) is 0 Å². The zero-order chi connectivity index (χ0) is 24.2. The molecule has 176 valence electrons. The number of carbonyl (C=O) groups excluding carboxylic acids is 1. The summed E-state index contributed by atoms with van der Waals surface area (Å²) in [7, 11) is 4.61. The van der Waals surface area contributed by atoms with E-state index in [-0.39, 0.29) is 11.5 Å². The second-order valence-corrected chi connectivity index (χ2v) is 8.11. The summed E-state index contributed by atoms with van der Waals surface area (Å²) in [4.78, 5) is 13.2. The lowest BCUT2D eigenvalue weighted by Gasteiger charge is -2.13. The molecule has 0 radical (unpaired) electrons. The number of ether oxygens (including phenoxy) is 3. The Morgan fingerprint density at radius 3 is 2.18 bits per heavy atom. The largest absolute Gasteiger partial charge is 0.495 e. The van der Waals surface area contributed by atoms with E-state index in [0.29, 0.717) is 51.1 Å². The van der Waals surface area contributed by atoms with Crippen molar-refractivity contribution in [3.63, 3.8) is 0 Å². The summed E-state index contributed by atoms with van der Waals surface area (Å²) in [6.07, 6.45) is -0.174. The molecule has 0 aliphatic heterocycles. The Labute approximate surface area is 205 Å². The maximum atomic E-state index is 13.2. The van der Waals surface area contributed by atoms with E-state index in [4.69, 9.17) is 23.0 Å². The third-order valence-corrected chi connectivity index (χ3v) is 6.06. The van der Waals surface area contributed by atoms with Crippen molar-refractivity contribution in [3.05, 3.63) is 70.2 Å². The fraction of sp³-hybridized carbons (Fsp3) is 0.240. The van der Waals surface area contributed by atoms with Gasteiger partial charge in [0.05, 0.1) is 14.2 Å². The molecule has 0 fully saturated rings. The maximum absolute atomic E-state index is 13.2. The Bertz CT molecular complexity index is 1270. The molecule has 2 heterocycles. The highest BCUT2D eigenvalue weighted by Crippen LogP contribution is 2.39. The van der Waals surface area contributed by atoms with Crippen LogP contribution in [0.15, 0.2) is 61.8 Å². The summed E-state index contributed by atoms with van der Waals surface area (Å²) in [5.74, 6) is 2.54. The molecular weight excluding hydrogens is 504 g/mol. The molecule has 4 aromatic rings. The van der Waals surface area contributed by atoms with E-state index < -0.39 is 6.10 Å². The van der Waals surface area contributed by atoms with Crippen LogP contribution in [0.5, 0.6) is 11.5 Å². The third kappa shape index (κ3) is 4.62. The van der Waals surface area contributed by atoms with Crippen LogP contribution in [-0.2, 0) is 11.2 Å². The van der Waals surface area contributed by atoms with Crippen LogP contribution in [0.3, 0.4) is 0 Å². The molecule has 0 aliphatic carbocycles. The minimum atomic E-state index is -0.837. The van der Waals surface area contributed by atoms with E-state index in [1.165, 1.54) is 7.11 Å². The van der Waals surface area contributed by atoms with Crippen molar-refractivity contribution in [2.45, 2.75) is 19.4 Å². The fourth-order valence-corrected chi connectivity index (χ4v) is 4.03. The van der Waals surface area contributed by atoms with Gasteiger partial charge in [0.1, 0.15) is 27.8 Å². The van der Waals surface area contributed by atoms with Crippen LogP contribution < -0.4 is 9.47 Å². The molecule has 0 bridgehead atoms. The molecule has 0 amide bonds. The molecule has 8 nitrogen and oxygen atoms in total. The lowest BCUT2D eigenvalue weighted by Crippen LogP contribution is -2.14. The number of halogens is 1. The van der Waals surface area contributed by atoms with Gasteiger partial charge in [0.15, 0.2) is 5.76 Å². The maximum Gasteiger partial charge on any atom is 0.247 e. The highest BCUT2D eigenvalue weighted by molar-refractivity contribution is 9.10. The van der Waals surface area contributed by atoms with Crippen LogP contribution in [0.4, 0.5) is 0 Å². The number of ketones is 1. The molecule has 0 saturated heterocycles. The van der Waals surface area contributed by atoms with Gasteiger partial charge >= 0.3 is 0 Å². The number of aromatic nitrogens is 2. The number of carbonyl (C=O) groups is 1. The number of methoxy groups -OCH3 is 3. The van der Waals surface area contributed by atoms with E-state index in [0.717, 1.165) is 5.56 Å². The number of benzene rings is 2. The summed E-state index contributed by atoms with van der Waals surface area (Å²) in [6.45, 7) is 1.94. The second kappa shape index (κ2) is 10.2. The number of hydrogen-bond donors (Lipinski definition) is 0. The van der Waals surface area contributed by atoms with Gasteiger partial charge in [0.2, 0.25) is 17.6 Å². The highest BCUT2D eigenvalue weighted by Gasteiger charge is 2.25. The first-order chi connectivity index (χ1) is 16.5. The third-order valence-electron chi connectivity index (χ3n) is 5.28. The summed E-state index contributed by atoms with van der Waals surface area (Å²) >= 11 is 3.45. The molecule has 1 unspecified atom stereocenters. The normalized spacial score (nSPS) is 11.9. The van der Waals surface area contributed by atoms with Gasteiger partial charge in [0, 0.05) is 24.7 Å². The minimum absolute atomic E-state index is 0.177. The van der Waals surface area contributed by atoms with Crippen molar-refractivity contribution < 1.29 is 27.8 Å². The van der Waals surface area contributed by atoms with E-state index in [1.54, 1.807) is 50.6 Å². The summed E-state index contributed by atoms with van der Waals surface area (Å²) in [6, 6.07) is 14.2. The molecular formula is C25H23BrN2O6. The van der Waals surface area contributed by atoms with Crippen molar-refractivity contribution in [3.8, 4) is 34.3 Å². The highest BCUT2D eigenvalue weighted by atomic mass is 79.9. The minimum Gasteiger partial charge on any atom is -0.495 e. The average molecular weight is 527 g/mol. The summed E-state index contributed by atoms with van der Waals surface area (Å²) in [5, 5.41) is 8.03. The van der Waals surface area contributed by atoms with Gasteiger partial charge in [-0.3, -0.25) is 4.79 Å². The lowest BCUT2D eigenvalue weighted by atomic mass is 10.0. The van der Waals surface area contributed by atoms with E-state index in [2.05, 4.69) is 26.1 Å². The zero-order valence-corrected chi connectivity index (χ0v) is 20.7. The Balaban J connectivity index is 1.58. The molecule has 9 heteroatoms. The molecule has 4 rings (SSSR count). The molecule has 34 heavy (non-hydrogen) atoms. The molecule has 2 aromatic carbocycles. The fourth-order valence-electron chi connectivity index (χ4n) is 3.47. The molecule has 2 aromatic heterocycles. The van der Waals surface area contributed by atoms with Crippen LogP contribution in [0.1, 0.15) is 35.0 Å². The molecule has 0 N–H and O–H groups in total. The first-order valence-corrected chi connectivity index (χ1v) is 11.3. The predicted molar refractivity (Wildman–Crippen MR) is 128 cm³/mol. The van der Waals surface area contributed by atoms with E-state index in [1.807, 2.05) is 19.1 Å². The number of furan rings is 1. The quantitative estimate of drug-likeness (QED) is 0.248. The predicted octanol–water partition coefficient (Wildman–Crippen LogP) is 5.91. The van der Waals surface area contributed by atoms with Gasteiger partial charge in [-0.05, 0) is 57.9 Å². The van der Waals surface area contributed by atoms with Gasteiger partial charge in [-0.1, -0.05) is 19.1 Å². The van der Waals surface area contributed by atoms with Crippen molar-refractivity contribution in [1.29, 1.82) is 0 Å². The van der Waals surface area contributed by atoms with Gasteiger partial charge < -0.3 is 23.0 Å². The van der Waals surface area contributed by atoms with Crippen molar-refractivity contribution >= 4 is 21.7 Å². The monoisotopic (exact) mass is 526 g/mol. The number of aryl methyl sites for hydroxylation is 1. The average Bonchev–Trinajstić information content (AvgIpc) is 3.55. The molecule has 1 atom stereocenters. The van der Waals surface area contributed by atoms with Gasteiger partial charge in [-0.25, -0.2) is 0 Å². The molecule has 0 saturated carbocycles. The van der Waals surface area contributed by atoms with Crippen LogP contribution in [-0.4, -0.2) is 37.3 Å². The van der Waals surface area contributed by atoms with Crippen molar-refractivity contribution in [2.75, 3.05) is 21.3 Å². The Morgan fingerprint density at radius 2 is 1.62 bits per heavy atom. The van der Waals surface area contributed by atoms with Crippen LogP contribution >= 0.6 is 15.9 Å². The number of rotatable bonds is 9. The standard InChI is InChI=1S/C25H23BrN2O6/c1-5-21-27-28-25(34-21)15-8-6-14(7-9-15)24(32-4)23(29)18-11-10-17(33-18)16-12-19(30-2)22(26)20(13-16)31-3/h6-13,24H,5H2,1-4H3. The van der Waals surface area contributed by atoms with Crippen LogP contribution in [0, 0.1) is 0 Å². The van der Waals surface area contributed by atoms with Gasteiger partial charge in [0.25, 0.3) is 0 Å². The smallest absolute Gasteiger partial charge is 0.247 e. The topological polar surface area (TPSA) is 96.8 Å². The van der Waals surface area contributed by atoms with Gasteiger partial charge in [-0.15, -0.1) is 10.2 Å². The first-order valence-electron chi connectivity index (χ1n) is 10.5. The Hall–Kier alpha value is -3.43. The van der Waals surface area contributed by atoms with Crippen LogP contribution in [0.2, 0.25) is 0 Å². The second-order valence-electron chi connectivity index (χ2n) is 7.32. The number of nitrogens with zero attached hydrogens (tertiary/aromatic N) is 2. The Morgan fingerprint density at radius 1 is 0.941 bits per heavy atom. The summed E-state index contributed by atoms with van der Waals surface area (Å²) < 4.78 is 28.5. The summed E-state index contributed by atoms with van der Waals surface area (Å²) in [5.41, 5.74) is 2.15. The molecule has 0 spiro atoms. The van der Waals surface area contributed by atoms with Crippen molar-refractivity contribution in [2.24, 2.45) is 0 Å². The van der Waals surface area contributed by atoms with Crippen molar-refractivity contribution in [1.82, 2.24) is 10.2 Å². The number of Topliss-reactive ketones (excluding diaryl/α,β-unsaturated/α-hetero) is 1. The van der Waals surface area contributed by atoms with E-state index in [9.17, 15) is 4.79 Å². The first kappa shape index (κ1) is 23.7. The van der Waals surface area contributed by atoms with Crippen LogP contribution in [0.25, 0.3) is 22.8 Å². The molecule has 0 aliphatic rings. The Kier molecular flexibility index (Phi) is 7.14.